The number of nitrogens with zero attached hydrogens (tertiary/aromatic N) is 4. The van der Waals surface area contributed by atoms with Crippen molar-refractivity contribution in [2.24, 2.45) is 15.7 Å². The van der Waals surface area contributed by atoms with E-state index in [1.54, 1.807) is 4.90 Å². The molecule has 0 atom stereocenters. The summed E-state index contributed by atoms with van der Waals surface area (Å²) in [5, 5.41) is 3.10. The van der Waals surface area contributed by atoms with Crippen LogP contribution in [0.5, 0.6) is 5.75 Å². The summed E-state index contributed by atoms with van der Waals surface area (Å²) in [6, 6.07) is 5.45. The van der Waals surface area contributed by atoms with Gasteiger partial charge in [-0.05, 0) is 24.1 Å². The van der Waals surface area contributed by atoms with Crippen molar-refractivity contribution >= 4 is 35.3 Å². The van der Waals surface area contributed by atoms with Crippen LogP contribution in [0.2, 0.25) is 0 Å². The van der Waals surface area contributed by atoms with Crippen molar-refractivity contribution in [3.05, 3.63) is 33.6 Å². The van der Waals surface area contributed by atoms with Gasteiger partial charge in [0.2, 0.25) is 11.8 Å². The first kappa shape index (κ1) is 25.6. The molecule has 1 aromatic carbocycles. The van der Waals surface area contributed by atoms with Crippen LogP contribution in [0.1, 0.15) is 34.7 Å². The number of nitrogens with two attached hydrogens (primary N) is 1. The van der Waals surface area contributed by atoms with E-state index in [9.17, 15) is 22.8 Å². The van der Waals surface area contributed by atoms with E-state index in [2.05, 4.69) is 20.3 Å². The van der Waals surface area contributed by atoms with Gasteiger partial charge in [0, 0.05) is 49.3 Å². The van der Waals surface area contributed by atoms with Crippen LogP contribution in [0.15, 0.2) is 28.2 Å². The Hall–Kier alpha value is -3.48. The van der Waals surface area contributed by atoms with E-state index in [-0.39, 0.29) is 35.6 Å². The Bertz CT molecular complexity index is 1190. The number of fused-ring (bicyclic) bond motifs is 3. The van der Waals surface area contributed by atoms with Gasteiger partial charge in [-0.2, -0.15) is 13.2 Å². The van der Waals surface area contributed by atoms with Crippen molar-refractivity contribution < 1.29 is 27.5 Å². The number of thiazole rings is 1. The molecule has 192 valence electrons. The van der Waals surface area contributed by atoms with E-state index in [4.69, 9.17) is 10.5 Å². The standard InChI is InChI=1S/C23H25F3N6O3S/c24-23(25,26)12-29-21(30-13-27)22-31-20-15-4-3-14(10-16(15)35-9-6-17(20)36-22)11-28-18(33)5-8-32-7-1-2-19(32)34/h3-4,10,13H,1-2,5-9,11-12H2,(H,28,33)(H2,27,29,30). The summed E-state index contributed by atoms with van der Waals surface area (Å²) >= 11 is 1.20. The van der Waals surface area contributed by atoms with E-state index in [1.165, 1.54) is 11.3 Å². The molecule has 0 bridgehead atoms. The third kappa shape index (κ3) is 6.39. The van der Waals surface area contributed by atoms with Crippen LogP contribution in [0.3, 0.4) is 0 Å². The number of halogens is 3. The smallest absolute Gasteiger partial charge is 0.408 e. The maximum atomic E-state index is 12.7. The van der Waals surface area contributed by atoms with E-state index in [0.29, 0.717) is 49.5 Å². The number of alkyl halides is 3. The molecule has 0 saturated carbocycles. The summed E-state index contributed by atoms with van der Waals surface area (Å²) in [6.07, 6.45) is -1.45. The molecule has 13 heteroatoms. The lowest BCUT2D eigenvalue weighted by molar-refractivity contribution is -0.128. The number of carbonyl (C=O) groups excluding carboxylic acids is 2. The fraction of sp³-hybridized carbons (Fsp3) is 0.435. The lowest BCUT2D eigenvalue weighted by Gasteiger charge is -2.15. The molecule has 2 aliphatic rings. The number of hydrogen-bond donors (Lipinski definition) is 2. The quantitative estimate of drug-likeness (QED) is 0.428. The van der Waals surface area contributed by atoms with Crippen molar-refractivity contribution in [1.29, 1.82) is 0 Å². The monoisotopic (exact) mass is 522 g/mol. The molecule has 1 saturated heterocycles. The maximum Gasteiger partial charge on any atom is 0.408 e. The van der Waals surface area contributed by atoms with Gasteiger partial charge in [0.1, 0.15) is 12.3 Å². The molecule has 2 aromatic rings. The number of carbonyl (C=O) groups is 2. The summed E-state index contributed by atoms with van der Waals surface area (Å²) in [4.78, 5) is 38.3. The molecule has 2 amide bonds. The molecular weight excluding hydrogens is 497 g/mol. The topological polar surface area (TPSA) is 122 Å². The minimum absolute atomic E-state index is 0.0869. The summed E-state index contributed by atoms with van der Waals surface area (Å²) in [7, 11) is 0. The fourth-order valence-corrected chi connectivity index (χ4v) is 4.95. The Morgan fingerprint density at radius 1 is 1.33 bits per heavy atom. The van der Waals surface area contributed by atoms with Crippen LogP contribution in [-0.2, 0) is 22.6 Å². The zero-order chi connectivity index (χ0) is 25.7. The van der Waals surface area contributed by atoms with E-state index < -0.39 is 12.7 Å². The van der Waals surface area contributed by atoms with Gasteiger partial charge in [0.05, 0.1) is 18.6 Å². The maximum absolute atomic E-state index is 12.7. The van der Waals surface area contributed by atoms with Gasteiger partial charge in [-0.15, -0.1) is 11.3 Å². The van der Waals surface area contributed by atoms with Gasteiger partial charge in [-0.1, -0.05) is 6.07 Å². The van der Waals surface area contributed by atoms with Crippen molar-refractivity contribution in [2.45, 2.75) is 38.4 Å². The molecule has 4 rings (SSSR count). The molecule has 0 aliphatic carbocycles. The number of likely N-dealkylation sites (tertiary alicyclic amines) is 1. The largest absolute Gasteiger partial charge is 0.492 e. The molecule has 0 spiro atoms. The summed E-state index contributed by atoms with van der Waals surface area (Å²) in [6.45, 7) is 0.375. The zero-order valence-electron chi connectivity index (χ0n) is 19.3. The highest BCUT2D eigenvalue weighted by atomic mass is 32.1. The number of amidine groups is 1. The molecule has 36 heavy (non-hydrogen) atoms. The Balaban J connectivity index is 1.46. The number of benzene rings is 1. The Morgan fingerprint density at radius 2 is 2.17 bits per heavy atom. The SMILES string of the molecule is NC=NC(=NCC(F)(F)F)c1nc2c(s1)CCOc1cc(CNC(=O)CCN3CCCC3=O)ccc1-2. The fourth-order valence-electron chi connectivity index (χ4n) is 3.94. The molecule has 2 aliphatic heterocycles. The lowest BCUT2D eigenvalue weighted by Crippen LogP contribution is -2.31. The molecule has 0 radical (unpaired) electrons. The van der Waals surface area contributed by atoms with Crippen LogP contribution in [0, 0.1) is 0 Å². The number of ether oxygens (including phenoxy) is 1. The molecule has 1 aromatic heterocycles. The van der Waals surface area contributed by atoms with Crippen molar-refractivity contribution in [3.63, 3.8) is 0 Å². The second-order valence-corrected chi connectivity index (χ2v) is 9.35. The number of rotatable bonds is 7. The number of nitrogens with one attached hydrogen (secondary N) is 1. The first-order chi connectivity index (χ1) is 17.2. The Morgan fingerprint density at radius 3 is 2.89 bits per heavy atom. The van der Waals surface area contributed by atoms with Gasteiger partial charge >= 0.3 is 6.18 Å². The minimum atomic E-state index is -4.47. The Labute approximate surface area is 209 Å². The van der Waals surface area contributed by atoms with Gasteiger partial charge in [0.15, 0.2) is 10.8 Å². The minimum Gasteiger partial charge on any atom is -0.492 e. The van der Waals surface area contributed by atoms with Gasteiger partial charge in [-0.25, -0.2) is 9.98 Å². The summed E-state index contributed by atoms with van der Waals surface area (Å²) in [5.74, 6) is 0.327. The van der Waals surface area contributed by atoms with E-state index in [1.807, 2.05) is 18.2 Å². The Kier molecular flexibility index (Phi) is 7.87. The van der Waals surface area contributed by atoms with E-state index in [0.717, 1.165) is 23.2 Å². The number of aromatic nitrogens is 1. The third-order valence-electron chi connectivity index (χ3n) is 5.65. The average Bonchev–Trinajstić information content (AvgIpc) is 3.40. The van der Waals surface area contributed by atoms with Gasteiger partial charge in [-0.3, -0.25) is 14.6 Å². The predicted octanol–water partition coefficient (Wildman–Crippen LogP) is 2.67. The highest BCUT2D eigenvalue weighted by Gasteiger charge is 2.28. The van der Waals surface area contributed by atoms with Crippen LogP contribution in [-0.4, -0.2) is 66.3 Å². The third-order valence-corrected chi connectivity index (χ3v) is 6.76. The summed E-state index contributed by atoms with van der Waals surface area (Å²) < 4.78 is 43.9. The van der Waals surface area contributed by atoms with E-state index >= 15 is 0 Å². The second kappa shape index (κ2) is 11.1. The molecule has 0 unspecified atom stereocenters. The summed E-state index contributed by atoms with van der Waals surface area (Å²) in [5.41, 5.74) is 7.42. The molecule has 3 N–H and O–H groups in total. The highest BCUT2D eigenvalue weighted by Crippen LogP contribution is 2.38. The van der Waals surface area contributed by atoms with Crippen LogP contribution < -0.4 is 15.8 Å². The van der Waals surface area contributed by atoms with Crippen LogP contribution in [0.25, 0.3) is 11.3 Å². The number of amides is 2. The predicted molar refractivity (Wildman–Crippen MR) is 129 cm³/mol. The normalized spacial score (nSPS) is 16.0. The van der Waals surface area contributed by atoms with Crippen LogP contribution >= 0.6 is 11.3 Å². The lowest BCUT2D eigenvalue weighted by atomic mass is 10.1. The molecule has 1 fully saturated rings. The molecular formula is C23H25F3N6O3S. The van der Waals surface area contributed by atoms with Crippen molar-refractivity contribution in [1.82, 2.24) is 15.2 Å². The second-order valence-electron chi connectivity index (χ2n) is 8.26. The van der Waals surface area contributed by atoms with Gasteiger partial charge < -0.3 is 20.7 Å². The molecule has 9 nitrogen and oxygen atoms in total. The number of aliphatic imine (C=N–C) groups is 2. The van der Waals surface area contributed by atoms with Crippen molar-refractivity contribution in [2.75, 3.05) is 26.2 Å². The highest BCUT2D eigenvalue weighted by molar-refractivity contribution is 7.14. The first-order valence-corrected chi connectivity index (χ1v) is 12.2. The van der Waals surface area contributed by atoms with Gasteiger partial charge in [0.25, 0.3) is 0 Å². The average molecular weight is 523 g/mol. The van der Waals surface area contributed by atoms with Crippen molar-refractivity contribution in [3.8, 4) is 17.0 Å². The first-order valence-electron chi connectivity index (χ1n) is 11.4. The number of hydrogen-bond acceptors (Lipinski definition) is 6. The molecule has 3 heterocycles. The zero-order valence-corrected chi connectivity index (χ0v) is 20.1. The van der Waals surface area contributed by atoms with Crippen LogP contribution in [0.4, 0.5) is 13.2 Å².